The maximum absolute atomic E-state index is 14.1. The molecule has 4 nitrogen and oxygen atoms in total. The van der Waals surface area contributed by atoms with Gasteiger partial charge in [-0.1, -0.05) is 23.7 Å². The molecule has 0 aliphatic carbocycles. The van der Waals surface area contributed by atoms with Gasteiger partial charge in [0.2, 0.25) is 5.95 Å². The number of hydrogen-bond acceptors (Lipinski definition) is 4. The summed E-state index contributed by atoms with van der Waals surface area (Å²) in [7, 11) is 0. The molecule has 128 valence electrons. The first-order chi connectivity index (χ1) is 12.5. The van der Waals surface area contributed by atoms with Gasteiger partial charge in [-0.15, -0.1) is 0 Å². The lowest BCUT2D eigenvalue weighted by Gasteiger charge is -2.09. The smallest absolute Gasteiger partial charge is 0.221 e. The van der Waals surface area contributed by atoms with E-state index in [1.807, 2.05) is 0 Å². The topological polar surface area (TPSA) is 64.7 Å². The average Bonchev–Trinajstić information content (AvgIpc) is 2.61. The zero-order valence-corrected chi connectivity index (χ0v) is 14.0. The zero-order valence-electron chi connectivity index (χ0n) is 13.2. The molecule has 0 aliphatic heterocycles. The van der Waals surface area contributed by atoms with Crippen LogP contribution < -0.4 is 5.73 Å². The van der Waals surface area contributed by atoms with Crippen molar-refractivity contribution in [1.29, 1.82) is 0 Å². The Labute approximate surface area is 152 Å². The molecular weight excluding hydrogens is 358 g/mol. The van der Waals surface area contributed by atoms with Crippen molar-refractivity contribution in [3.63, 3.8) is 0 Å². The lowest BCUT2D eigenvalue weighted by molar-refractivity contribution is 0.629. The van der Waals surface area contributed by atoms with Crippen LogP contribution in [0.25, 0.3) is 33.4 Å². The van der Waals surface area contributed by atoms with Gasteiger partial charge in [-0.05, 0) is 42.5 Å². The van der Waals surface area contributed by atoms with Crippen molar-refractivity contribution in [1.82, 2.24) is 15.0 Å². The molecule has 0 saturated carbocycles. The first kappa shape index (κ1) is 16.4. The quantitative estimate of drug-likeness (QED) is 0.512. The summed E-state index contributed by atoms with van der Waals surface area (Å²) < 4.78 is 27.6. The Balaban J connectivity index is 1.92. The molecule has 0 atom stereocenters. The normalized spacial score (nSPS) is 11.0. The molecule has 4 aromatic rings. The summed E-state index contributed by atoms with van der Waals surface area (Å²) in [5.41, 5.74) is 7.80. The van der Waals surface area contributed by atoms with Gasteiger partial charge < -0.3 is 5.73 Å². The highest BCUT2D eigenvalue weighted by Gasteiger charge is 2.14. The van der Waals surface area contributed by atoms with E-state index < -0.39 is 5.82 Å². The third-order valence-corrected chi connectivity index (χ3v) is 4.19. The molecule has 7 heteroatoms. The summed E-state index contributed by atoms with van der Waals surface area (Å²) >= 11 is 6.28. The average molecular weight is 369 g/mol. The third-order valence-electron chi connectivity index (χ3n) is 3.90. The van der Waals surface area contributed by atoms with Crippen LogP contribution in [0.1, 0.15) is 0 Å². The highest BCUT2D eigenvalue weighted by Crippen LogP contribution is 2.32. The van der Waals surface area contributed by atoms with Crippen LogP contribution in [-0.2, 0) is 0 Å². The molecule has 2 heterocycles. The number of aromatic nitrogens is 3. The van der Waals surface area contributed by atoms with Crippen molar-refractivity contribution in [3.8, 4) is 22.5 Å². The Morgan fingerprint density at radius 2 is 1.54 bits per heavy atom. The number of anilines is 1. The van der Waals surface area contributed by atoms with E-state index in [1.54, 1.807) is 36.4 Å². The molecule has 0 bridgehead atoms. The molecule has 4 rings (SSSR count). The van der Waals surface area contributed by atoms with E-state index >= 15 is 0 Å². The van der Waals surface area contributed by atoms with Crippen molar-refractivity contribution in [3.05, 3.63) is 71.4 Å². The summed E-state index contributed by atoms with van der Waals surface area (Å²) in [5, 5.41) is 0.746. The van der Waals surface area contributed by atoms with Crippen molar-refractivity contribution < 1.29 is 8.78 Å². The molecule has 0 amide bonds. The standard InChI is InChI=1S/C19H11ClF2N4/c20-18-13(8-10-7-11(21)5-6-15(10)24-18)17-9-16(25-19(23)26-17)12-3-1-2-4-14(12)22/h1-9H,(H2,23,25,26). The van der Waals surface area contributed by atoms with Crippen LogP contribution in [-0.4, -0.2) is 15.0 Å². The number of rotatable bonds is 2. The Kier molecular flexibility index (Phi) is 3.97. The fourth-order valence-electron chi connectivity index (χ4n) is 2.71. The van der Waals surface area contributed by atoms with Crippen molar-refractivity contribution in [2.24, 2.45) is 0 Å². The Morgan fingerprint density at radius 1 is 0.808 bits per heavy atom. The molecular formula is C19H11ClF2N4. The molecule has 0 radical (unpaired) electrons. The molecule has 2 aromatic heterocycles. The van der Waals surface area contributed by atoms with Crippen LogP contribution in [0.15, 0.2) is 54.6 Å². The predicted molar refractivity (Wildman–Crippen MR) is 97.5 cm³/mol. The minimum atomic E-state index is -0.429. The fourth-order valence-corrected chi connectivity index (χ4v) is 2.96. The first-order valence-corrected chi connectivity index (χ1v) is 8.05. The van der Waals surface area contributed by atoms with Gasteiger partial charge in [-0.2, -0.15) is 0 Å². The number of fused-ring (bicyclic) bond motifs is 1. The lowest BCUT2D eigenvalue weighted by atomic mass is 10.1. The van der Waals surface area contributed by atoms with E-state index in [1.165, 1.54) is 18.2 Å². The molecule has 0 fully saturated rings. The number of nitrogens with zero attached hydrogens (tertiary/aromatic N) is 3. The van der Waals surface area contributed by atoms with Crippen molar-refractivity contribution in [2.45, 2.75) is 0 Å². The number of hydrogen-bond donors (Lipinski definition) is 1. The largest absolute Gasteiger partial charge is 0.368 e. The van der Waals surface area contributed by atoms with E-state index in [0.29, 0.717) is 33.4 Å². The lowest BCUT2D eigenvalue weighted by Crippen LogP contribution is -2.00. The highest BCUT2D eigenvalue weighted by molar-refractivity contribution is 6.32. The van der Waals surface area contributed by atoms with E-state index in [0.717, 1.165) is 0 Å². The summed E-state index contributed by atoms with van der Waals surface area (Å²) in [5.74, 6) is -0.848. The van der Waals surface area contributed by atoms with Crippen LogP contribution >= 0.6 is 11.6 Å². The third kappa shape index (κ3) is 2.95. The first-order valence-electron chi connectivity index (χ1n) is 7.67. The highest BCUT2D eigenvalue weighted by atomic mass is 35.5. The molecule has 0 saturated heterocycles. The maximum Gasteiger partial charge on any atom is 0.221 e. The minimum absolute atomic E-state index is 0.0313. The second-order valence-electron chi connectivity index (χ2n) is 5.64. The van der Waals surface area contributed by atoms with Gasteiger partial charge in [0.25, 0.3) is 0 Å². The van der Waals surface area contributed by atoms with Crippen LogP contribution in [0.2, 0.25) is 5.15 Å². The molecule has 0 spiro atoms. The number of halogens is 3. The molecule has 2 aromatic carbocycles. The van der Waals surface area contributed by atoms with Crippen molar-refractivity contribution >= 4 is 28.5 Å². The summed E-state index contributed by atoms with van der Waals surface area (Å²) in [6, 6.07) is 13.7. The summed E-state index contributed by atoms with van der Waals surface area (Å²) in [6.45, 7) is 0. The fraction of sp³-hybridized carbons (Fsp3) is 0. The van der Waals surface area contributed by atoms with Gasteiger partial charge >= 0.3 is 0 Å². The Hall–Kier alpha value is -3.12. The van der Waals surface area contributed by atoms with Gasteiger partial charge in [0.15, 0.2) is 0 Å². The van der Waals surface area contributed by atoms with Crippen LogP contribution in [0, 0.1) is 11.6 Å². The van der Waals surface area contributed by atoms with Gasteiger partial charge in [0.05, 0.1) is 16.9 Å². The van der Waals surface area contributed by atoms with Gasteiger partial charge in [0, 0.05) is 16.5 Å². The molecule has 2 N–H and O–H groups in total. The molecule has 0 aliphatic rings. The molecule has 26 heavy (non-hydrogen) atoms. The van der Waals surface area contributed by atoms with E-state index in [-0.39, 0.29) is 16.9 Å². The maximum atomic E-state index is 14.1. The van der Waals surface area contributed by atoms with E-state index in [4.69, 9.17) is 17.3 Å². The number of pyridine rings is 1. The zero-order chi connectivity index (χ0) is 18.3. The van der Waals surface area contributed by atoms with Crippen LogP contribution in [0.5, 0.6) is 0 Å². The van der Waals surface area contributed by atoms with Crippen molar-refractivity contribution in [2.75, 3.05) is 5.73 Å². The van der Waals surface area contributed by atoms with Crippen LogP contribution in [0.4, 0.5) is 14.7 Å². The second kappa shape index (κ2) is 6.31. The van der Waals surface area contributed by atoms with E-state index in [9.17, 15) is 8.78 Å². The van der Waals surface area contributed by atoms with Gasteiger partial charge in [-0.3, -0.25) is 0 Å². The number of benzene rings is 2. The van der Waals surface area contributed by atoms with E-state index in [2.05, 4.69) is 15.0 Å². The summed E-state index contributed by atoms with van der Waals surface area (Å²) in [4.78, 5) is 12.5. The Morgan fingerprint density at radius 3 is 2.31 bits per heavy atom. The Bertz CT molecular complexity index is 1150. The van der Waals surface area contributed by atoms with Gasteiger partial charge in [0.1, 0.15) is 16.8 Å². The number of nitrogens with two attached hydrogens (primary N) is 1. The SMILES string of the molecule is Nc1nc(-c2ccccc2F)cc(-c2cc3cc(F)ccc3nc2Cl)n1. The monoisotopic (exact) mass is 368 g/mol. The minimum Gasteiger partial charge on any atom is -0.368 e. The van der Waals surface area contributed by atoms with Gasteiger partial charge in [-0.25, -0.2) is 23.7 Å². The molecule has 0 unspecified atom stereocenters. The van der Waals surface area contributed by atoms with Crippen LogP contribution in [0.3, 0.4) is 0 Å². The number of nitrogen functional groups attached to an aromatic ring is 1. The second-order valence-corrected chi connectivity index (χ2v) is 6.00. The summed E-state index contributed by atoms with van der Waals surface area (Å²) in [6.07, 6.45) is 0. The predicted octanol–water partition coefficient (Wildman–Crippen LogP) is 4.87.